The van der Waals surface area contributed by atoms with Gasteiger partial charge in [-0.15, -0.1) is 0 Å². The Balaban J connectivity index is 1.84. The Hall–Kier alpha value is -3.64. The number of nitrogens with zero attached hydrogens (tertiary/aromatic N) is 3. The Labute approximate surface area is 224 Å². The fraction of sp³-hybridized carbons (Fsp3) is 0.360. The minimum absolute atomic E-state index is 0.139. The Morgan fingerprint density at radius 2 is 1.84 bits per heavy atom. The van der Waals surface area contributed by atoms with Gasteiger partial charge in [-0.1, -0.05) is 23.7 Å². The van der Waals surface area contributed by atoms with Crippen molar-refractivity contribution < 1.29 is 23.1 Å². The fourth-order valence-electron chi connectivity index (χ4n) is 4.36. The van der Waals surface area contributed by atoms with E-state index in [1.54, 1.807) is 58.0 Å². The predicted molar refractivity (Wildman–Crippen MR) is 144 cm³/mol. The Bertz CT molecular complexity index is 1590. The van der Waals surface area contributed by atoms with Gasteiger partial charge in [-0.2, -0.15) is 0 Å². The highest BCUT2D eigenvalue weighted by molar-refractivity contribution is 7.90. The highest BCUT2D eigenvalue weighted by Crippen LogP contribution is 2.31. The van der Waals surface area contributed by atoms with E-state index >= 15 is 0 Å². The van der Waals surface area contributed by atoms with E-state index in [0.29, 0.717) is 18.4 Å². The molecule has 1 atom stereocenters. The molecule has 1 heterocycles. The second-order valence-corrected chi connectivity index (χ2v) is 12.5. The van der Waals surface area contributed by atoms with E-state index < -0.39 is 44.5 Å². The second-order valence-electron chi connectivity index (χ2n) is 10.1. The average Bonchev–Trinajstić information content (AvgIpc) is 3.63. The highest BCUT2D eigenvalue weighted by Gasteiger charge is 2.37. The molecule has 3 N–H and O–H groups in total. The van der Waals surface area contributed by atoms with E-state index in [0.717, 1.165) is 0 Å². The number of aromatic nitrogens is 2. The van der Waals surface area contributed by atoms with Gasteiger partial charge in [0.25, 0.3) is 5.56 Å². The molecule has 13 heteroatoms. The van der Waals surface area contributed by atoms with Gasteiger partial charge in [0, 0.05) is 11.2 Å². The van der Waals surface area contributed by atoms with Crippen LogP contribution in [-0.4, -0.2) is 50.9 Å². The van der Waals surface area contributed by atoms with E-state index in [9.17, 15) is 27.9 Å². The van der Waals surface area contributed by atoms with Crippen LogP contribution in [0.1, 0.15) is 52.4 Å². The van der Waals surface area contributed by atoms with Crippen molar-refractivity contribution in [2.45, 2.75) is 57.4 Å². The summed E-state index contributed by atoms with van der Waals surface area (Å²) in [6.07, 6.45) is -0.191. The molecule has 1 aliphatic rings. The van der Waals surface area contributed by atoms with Gasteiger partial charge in [0.15, 0.2) is 0 Å². The number of hydrogen-bond donors (Lipinski definition) is 3. The van der Waals surface area contributed by atoms with Crippen molar-refractivity contribution in [2.75, 3.05) is 5.32 Å². The SMILES string of the molecule is CC(c1nc2cccc(Cl)c2c(=O)n1-c1cccc(NC(=O)NS(=O)(=O)C2CC2)c1)N(C(=O)O)C(C)(C)C. The number of hydrogen-bond acceptors (Lipinski definition) is 6. The quantitative estimate of drug-likeness (QED) is 0.401. The monoisotopic (exact) mass is 561 g/mol. The number of urea groups is 1. The lowest BCUT2D eigenvalue weighted by Crippen LogP contribution is -2.47. The number of anilines is 1. The van der Waals surface area contributed by atoms with Crippen LogP contribution in [0, 0.1) is 0 Å². The molecule has 4 rings (SSSR count). The van der Waals surface area contributed by atoms with Crippen LogP contribution in [0.2, 0.25) is 5.02 Å². The Morgan fingerprint density at radius 3 is 2.45 bits per heavy atom. The van der Waals surface area contributed by atoms with Gasteiger partial charge in [-0.05, 0) is 70.9 Å². The number of sulfonamides is 1. The van der Waals surface area contributed by atoms with Crippen LogP contribution in [0.3, 0.4) is 0 Å². The molecule has 11 nitrogen and oxygen atoms in total. The van der Waals surface area contributed by atoms with Crippen LogP contribution in [0.25, 0.3) is 16.6 Å². The first kappa shape index (κ1) is 27.4. The Morgan fingerprint density at radius 1 is 1.18 bits per heavy atom. The van der Waals surface area contributed by atoms with Gasteiger partial charge >= 0.3 is 12.1 Å². The molecular weight excluding hydrogens is 534 g/mol. The molecule has 202 valence electrons. The molecule has 1 aliphatic carbocycles. The van der Waals surface area contributed by atoms with Crippen molar-refractivity contribution in [1.82, 2.24) is 19.2 Å². The minimum atomic E-state index is -3.76. The lowest BCUT2D eigenvalue weighted by atomic mass is 10.0. The zero-order chi connectivity index (χ0) is 28.0. The highest BCUT2D eigenvalue weighted by atomic mass is 35.5. The van der Waals surface area contributed by atoms with Crippen LogP contribution in [0.15, 0.2) is 47.3 Å². The molecule has 0 aliphatic heterocycles. The molecule has 0 saturated heterocycles. The van der Waals surface area contributed by atoms with Crippen molar-refractivity contribution in [2.24, 2.45) is 0 Å². The van der Waals surface area contributed by atoms with Crippen molar-refractivity contribution in [3.63, 3.8) is 0 Å². The van der Waals surface area contributed by atoms with Gasteiger partial charge in [0.05, 0.1) is 32.9 Å². The molecule has 0 spiro atoms. The number of rotatable bonds is 6. The molecule has 0 radical (unpaired) electrons. The summed E-state index contributed by atoms with van der Waals surface area (Å²) in [6.45, 7) is 6.83. The largest absolute Gasteiger partial charge is 0.465 e. The molecule has 38 heavy (non-hydrogen) atoms. The summed E-state index contributed by atoms with van der Waals surface area (Å²) in [5.41, 5.74) is -0.570. The number of fused-ring (bicyclic) bond motifs is 1. The maximum atomic E-state index is 13.8. The molecule has 3 aromatic rings. The zero-order valence-corrected chi connectivity index (χ0v) is 22.8. The van der Waals surface area contributed by atoms with E-state index in [-0.39, 0.29) is 27.6 Å². The number of benzene rings is 2. The molecule has 3 amide bonds. The van der Waals surface area contributed by atoms with Crippen molar-refractivity contribution in [3.8, 4) is 5.69 Å². The summed E-state index contributed by atoms with van der Waals surface area (Å²) >= 11 is 6.35. The van der Waals surface area contributed by atoms with E-state index in [1.165, 1.54) is 21.6 Å². The third-order valence-electron chi connectivity index (χ3n) is 6.12. The first-order chi connectivity index (χ1) is 17.7. The second kappa shape index (κ2) is 9.91. The van der Waals surface area contributed by atoms with E-state index in [2.05, 4.69) is 10.3 Å². The summed E-state index contributed by atoms with van der Waals surface area (Å²) in [7, 11) is -3.76. The summed E-state index contributed by atoms with van der Waals surface area (Å²) in [5.74, 6) is 0.139. The number of amides is 3. The molecule has 1 unspecified atom stereocenters. The number of carbonyl (C=O) groups excluding carboxylic acids is 1. The third kappa shape index (κ3) is 5.46. The van der Waals surface area contributed by atoms with Crippen LogP contribution < -0.4 is 15.6 Å². The lowest BCUT2D eigenvalue weighted by molar-refractivity contribution is 0.0719. The molecule has 0 bridgehead atoms. The number of carbonyl (C=O) groups is 2. The van der Waals surface area contributed by atoms with Crippen LogP contribution >= 0.6 is 11.6 Å². The van der Waals surface area contributed by atoms with Gasteiger partial charge in [-0.25, -0.2) is 27.7 Å². The standard InChI is InChI=1S/C25H28ClN5O6S/c1-14(31(24(34)35)25(2,3)4)21-28-19-10-6-9-18(26)20(19)22(32)30(21)16-8-5-7-15(13-16)27-23(33)29-38(36,37)17-11-12-17/h5-10,13-14,17H,11-12H2,1-4H3,(H,34,35)(H2,27,29,33). The van der Waals surface area contributed by atoms with Crippen LogP contribution in [0.5, 0.6) is 0 Å². The summed E-state index contributed by atoms with van der Waals surface area (Å²) in [4.78, 5) is 44.3. The number of nitrogens with one attached hydrogen (secondary N) is 2. The zero-order valence-electron chi connectivity index (χ0n) is 21.2. The van der Waals surface area contributed by atoms with Crippen molar-refractivity contribution in [1.29, 1.82) is 0 Å². The molecule has 1 saturated carbocycles. The lowest BCUT2D eigenvalue weighted by Gasteiger charge is -2.38. The van der Waals surface area contributed by atoms with E-state index in [1.807, 2.05) is 4.72 Å². The van der Waals surface area contributed by atoms with Crippen LogP contribution in [-0.2, 0) is 10.0 Å². The maximum absolute atomic E-state index is 13.8. The third-order valence-corrected chi connectivity index (χ3v) is 8.26. The van der Waals surface area contributed by atoms with Crippen molar-refractivity contribution in [3.05, 3.63) is 63.7 Å². The molecular formula is C25H28ClN5O6S. The maximum Gasteiger partial charge on any atom is 0.408 e. The molecule has 1 aromatic heterocycles. The van der Waals surface area contributed by atoms with E-state index in [4.69, 9.17) is 11.6 Å². The first-order valence-electron chi connectivity index (χ1n) is 11.9. The van der Waals surface area contributed by atoms with Gasteiger partial charge in [0.2, 0.25) is 10.0 Å². The normalized spacial score (nSPS) is 14.7. The average molecular weight is 562 g/mol. The minimum Gasteiger partial charge on any atom is -0.465 e. The van der Waals surface area contributed by atoms with Gasteiger partial charge in [0.1, 0.15) is 5.82 Å². The number of carboxylic acid groups (broad SMARTS) is 1. The first-order valence-corrected chi connectivity index (χ1v) is 13.8. The van der Waals surface area contributed by atoms with Gasteiger partial charge < -0.3 is 10.4 Å². The smallest absolute Gasteiger partial charge is 0.408 e. The van der Waals surface area contributed by atoms with Gasteiger partial charge in [-0.3, -0.25) is 14.3 Å². The summed E-state index contributed by atoms with van der Waals surface area (Å²) < 4.78 is 27.5. The Kier molecular flexibility index (Phi) is 7.15. The summed E-state index contributed by atoms with van der Waals surface area (Å²) in [6, 6.07) is 9.18. The molecule has 1 fully saturated rings. The number of halogens is 1. The van der Waals surface area contributed by atoms with Crippen LogP contribution in [0.4, 0.5) is 15.3 Å². The fourth-order valence-corrected chi connectivity index (χ4v) is 5.84. The molecule has 2 aromatic carbocycles. The topological polar surface area (TPSA) is 151 Å². The van der Waals surface area contributed by atoms with Crippen molar-refractivity contribution >= 4 is 50.3 Å². The predicted octanol–water partition coefficient (Wildman–Crippen LogP) is 4.49. The summed E-state index contributed by atoms with van der Waals surface area (Å²) in [5, 5.41) is 12.2.